The van der Waals surface area contributed by atoms with Gasteiger partial charge in [0.2, 0.25) is 5.91 Å². The summed E-state index contributed by atoms with van der Waals surface area (Å²) in [7, 11) is 1.73. The number of nitrogens with one attached hydrogen (secondary N) is 1. The number of alkyl halides is 3. The van der Waals surface area contributed by atoms with Gasteiger partial charge in [0.05, 0.1) is 12.6 Å². The number of carbonyl (C=O) groups excluding carboxylic acids is 1. The molecule has 0 aliphatic carbocycles. The largest absolute Gasteiger partial charge is 0.401 e. The Balaban J connectivity index is 1.40. The van der Waals surface area contributed by atoms with Crippen LogP contribution in [-0.2, 0) is 4.79 Å². The number of amides is 1. The van der Waals surface area contributed by atoms with Crippen molar-refractivity contribution in [3.63, 3.8) is 0 Å². The summed E-state index contributed by atoms with van der Waals surface area (Å²) >= 11 is 0. The Morgan fingerprint density at radius 3 is 2.33 bits per heavy atom. The van der Waals surface area contributed by atoms with Gasteiger partial charge in [-0.05, 0) is 38.6 Å². The number of likely N-dealkylation sites (tertiary alicyclic amines) is 2. The maximum Gasteiger partial charge on any atom is 0.401 e. The van der Waals surface area contributed by atoms with E-state index in [1.54, 1.807) is 7.05 Å². The first-order valence-electron chi connectivity index (χ1n) is 11.0. The van der Waals surface area contributed by atoms with Crippen molar-refractivity contribution in [2.24, 2.45) is 10.9 Å². The molecule has 0 aromatic rings. The Bertz CT molecular complexity index is 600. The minimum atomic E-state index is -4.13. The molecule has 10 heteroatoms. The van der Waals surface area contributed by atoms with Gasteiger partial charge in [-0.2, -0.15) is 13.2 Å². The van der Waals surface area contributed by atoms with Crippen LogP contribution in [0.15, 0.2) is 4.99 Å². The van der Waals surface area contributed by atoms with Gasteiger partial charge >= 0.3 is 6.18 Å². The Morgan fingerprint density at radius 1 is 1.07 bits per heavy atom. The quantitative estimate of drug-likeness (QED) is 0.521. The zero-order valence-electron chi connectivity index (χ0n) is 18.1. The molecule has 172 valence electrons. The van der Waals surface area contributed by atoms with Gasteiger partial charge < -0.3 is 15.1 Å². The lowest BCUT2D eigenvalue weighted by Gasteiger charge is -2.39. The maximum atomic E-state index is 12.6. The third-order valence-electron chi connectivity index (χ3n) is 6.47. The van der Waals surface area contributed by atoms with Crippen molar-refractivity contribution in [1.82, 2.24) is 24.9 Å². The van der Waals surface area contributed by atoms with Crippen LogP contribution in [0, 0.1) is 5.92 Å². The van der Waals surface area contributed by atoms with Crippen LogP contribution in [0.3, 0.4) is 0 Å². The van der Waals surface area contributed by atoms with Crippen molar-refractivity contribution in [3.05, 3.63) is 0 Å². The molecular formula is C20H35F3N6O. The molecule has 0 radical (unpaired) electrons. The first kappa shape index (κ1) is 23.1. The molecule has 3 aliphatic rings. The summed E-state index contributed by atoms with van der Waals surface area (Å²) in [6.45, 7) is 7.66. The summed E-state index contributed by atoms with van der Waals surface area (Å²) in [5.41, 5.74) is 0. The standard InChI is InChI=1S/C20H35F3N6O/c1-16(18(30)28-6-3-4-7-28)27-9-11-29(12-10-27)19(24-2)25-13-17-5-8-26(14-17)15-20(21,22)23/h16-17H,3-15H2,1-2H3,(H,24,25). The SMILES string of the molecule is CN=C(NCC1CCN(CC(F)(F)F)C1)N1CCN(C(C)C(=O)N2CCCC2)CC1. The molecule has 3 rings (SSSR count). The molecule has 2 atom stereocenters. The number of rotatable bonds is 5. The van der Waals surface area contributed by atoms with Crippen LogP contribution in [0.25, 0.3) is 0 Å². The minimum Gasteiger partial charge on any atom is -0.356 e. The maximum absolute atomic E-state index is 12.6. The van der Waals surface area contributed by atoms with Gasteiger partial charge in [-0.3, -0.25) is 19.6 Å². The molecule has 2 unspecified atom stereocenters. The molecule has 0 saturated carbocycles. The summed E-state index contributed by atoms with van der Waals surface area (Å²) in [5.74, 6) is 1.22. The van der Waals surface area contributed by atoms with Gasteiger partial charge in [0.25, 0.3) is 0 Å². The predicted molar refractivity (Wildman–Crippen MR) is 110 cm³/mol. The molecule has 0 aromatic heterocycles. The zero-order valence-corrected chi connectivity index (χ0v) is 18.1. The minimum absolute atomic E-state index is 0.0988. The normalized spacial score (nSPS) is 25.8. The number of guanidine groups is 1. The van der Waals surface area contributed by atoms with E-state index in [1.165, 1.54) is 4.90 Å². The molecule has 3 saturated heterocycles. The average Bonchev–Trinajstić information content (AvgIpc) is 3.39. The van der Waals surface area contributed by atoms with Crippen molar-refractivity contribution in [3.8, 4) is 0 Å². The van der Waals surface area contributed by atoms with Crippen LogP contribution in [0.5, 0.6) is 0 Å². The first-order valence-corrected chi connectivity index (χ1v) is 11.0. The highest BCUT2D eigenvalue weighted by molar-refractivity contribution is 5.82. The van der Waals surface area contributed by atoms with Crippen molar-refractivity contribution in [2.45, 2.75) is 38.4 Å². The molecule has 3 fully saturated rings. The van der Waals surface area contributed by atoms with Crippen LogP contribution in [0.1, 0.15) is 26.2 Å². The second kappa shape index (κ2) is 10.2. The highest BCUT2D eigenvalue weighted by Crippen LogP contribution is 2.22. The van der Waals surface area contributed by atoms with Crippen LogP contribution < -0.4 is 5.32 Å². The molecule has 7 nitrogen and oxygen atoms in total. The van der Waals surface area contributed by atoms with Gasteiger partial charge in [-0.15, -0.1) is 0 Å². The third kappa shape index (κ3) is 6.23. The topological polar surface area (TPSA) is 54.4 Å². The Morgan fingerprint density at radius 2 is 1.73 bits per heavy atom. The molecule has 1 amide bonds. The van der Waals surface area contributed by atoms with Crippen molar-refractivity contribution in [2.75, 3.05) is 72.5 Å². The number of halogens is 3. The fraction of sp³-hybridized carbons (Fsp3) is 0.900. The molecule has 0 bridgehead atoms. The van der Waals surface area contributed by atoms with Crippen LogP contribution in [-0.4, -0.2) is 116 Å². The van der Waals surface area contributed by atoms with E-state index in [9.17, 15) is 18.0 Å². The fourth-order valence-electron chi connectivity index (χ4n) is 4.72. The Labute approximate surface area is 177 Å². The summed E-state index contributed by atoms with van der Waals surface area (Å²) < 4.78 is 37.7. The number of carbonyl (C=O) groups is 1. The number of hydrogen-bond acceptors (Lipinski definition) is 4. The van der Waals surface area contributed by atoms with Gasteiger partial charge in [0.15, 0.2) is 5.96 Å². The highest BCUT2D eigenvalue weighted by Gasteiger charge is 2.35. The molecule has 3 aliphatic heterocycles. The first-order chi connectivity index (χ1) is 14.3. The number of piperazine rings is 1. The van der Waals surface area contributed by atoms with E-state index in [-0.39, 0.29) is 17.9 Å². The lowest BCUT2D eigenvalue weighted by molar-refractivity contribution is -0.143. The number of hydrogen-bond donors (Lipinski definition) is 1. The molecule has 3 heterocycles. The van der Waals surface area contributed by atoms with Gasteiger partial charge in [0.1, 0.15) is 0 Å². The van der Waals surface area contributed by atoms with E-state index in [1.807, 2.05) is 11.8 Å². The van der Waals surface area contributed by atoms with Gasteiger partial charge in [0, 0.05) is 59.4 Å². The third-order valence-corrected chi connectivity index (χ3v) is 6.47. The smallest absolute Gasteiger partial charge is 0.356 e. The predicted octanol–water partition coefficient (Wildman–Crippen LogP) is 1.07. The van der Waals surface area contributed by atoms with Gasteiger partial charge in [-0.1, -0.05) is 0 Å². The Hall–Kier alpha value is -1.55. The lowest BCUT2D eigenvalue weighted by Crippen LogP contribution is -2.57. The van der Waals surface area contributed by atoms with Crippen molar-refractivity contribution in [1.29, 1.82) is 0 Å². The molecule has 1 N–H and O–H groups in total. The van der Waals surface area contributed by atoms with E-state index in [0.717, 1.165) is 64.5 Å². The van der Waals surface area contributed by atoms with Crippen molar-refractivity contribution < 1.29 is 18.0 Å². The lowest BCUT2D eigenvalue weighted by atomic mass is 10.1. The van der Waals surface area contributed by atoms with E-state index in [4.69, 9.17) is 0 Å². The fourth-order valence-corrected chi connectivity index (χ4v) is 4.72. The summed E-state index contributed by atoms with van der Waals surface area (Å²) in [5, 5.41) is 3.35. The van der Waals surface area contributed by atoms with E-state index < -0.39 is 12.7 Å². The number of aliphatic imine (C=N–C) groups is 1. The van der Waals surface area contributed by atoms with Gasteiger partial charge in [-0.25, -0.2) is 0 Å². The van der Waals surface area contributed by atoms with Crippen LogP contribution in [0.4, 0.5) is 13.2 Å². The zero-order chi connectivity index (χ0) is 21.7. The summed E-state index contributed by atoms with van der Waals surface area (Å²) in [6.07, 6.45) is -1.16. The summed E-state index contributed by atoms with van der Waals surface area (Å²) in [4.78, 5) is 24.9. The molecule has 0 aromatic carbocycles. The van der Waals surface area contributed by atoms with E-state index in [0.29, 0.717) is 19.6 Å². The summed E-state index contributed by atoms with van der Waals surface area (Å²) in [6, 6.07) is -0.0988. The Kier molecular flexibility index (Phi) is 7.84. The second-order valence-corrected chi connectivity index (χ2v) is 8.66. The molecule has 0 spiro atoms. The van der Waals surface area contributed by atoms with Crippen LogP contribution >= 0.6 is 0 Å². The molecule has 30 heavy (non-hydrogen) atoms. The number of nitrogens with zero attached hydrogens (tertiary/aromatic N) is 5. The second-order valence-electron chi connectivity index (χ2n) is 8.66. The monoisotopic (exact) mass is 432 g/mol. The average molecular weight is 433 g/mol. The van der Waals surface area contributed by atoms with Crippen molar-refractivity contribution >= 4 is 11.9 Å². The molecular weight excluding hydrogens is 397 g/mol. The van der Waals surface area contributed by atoms with Crippen LogP contribution in [0.2, 0.25) is 0 Å². The van der Waals surface area contributed by atoms with E-state index in [2.05, 4.69) is 20.1 Å². The highest BCUT2D eigenvalue weighted by atomic mass is 19.4. The van der Waals surface area contributed by atoms with E-state index >= 15 is 0 Å².